The topological polar surface area (TPSA) is 76.4 Å². The van der Waals surface area contributed by atoms with Gasteiger partial charge in [0.2, 0.25) is 0 Å². The van der Waals surface area contributed by atoms with Gasteiger partial charge < -0.3 is 21.1 Å². The highest BCUT2D eigenvalue weighted by atomic mass is 16.6. The summed E-state index contributed by atoms with van der Waals surface area (Å²) in [5.74, 6) is 0.613. The van der Waals surface area contributed by atoms with Crippen molar-refractivity contribution in [1.29, 1.82) is 0 Å². The fraction of sp³-hybridized carbons (Fsp3) is 0.933. The summed E-state index contributed by atoms with van der Waals surface area (Å²) in [4.78, 5) is 11.5. The van der Waals surface area contributed by atoms with Gasteiger partial charge in [-0.3, -0.25) is 0 Å². The molecule has 20 heavy (non-hydrogen) atoms. The van der Waals surface area contributed by atoms with Crippen LogP contribution in [0.5, 0.6) is 0 Å². The summed E-state index contributed by atoms with van der Waals surface area (Å²) >= 11 is 0. The molecule has 0 spiro atoms. The molecule has 1 amide bonds. The minimum atomic E-state index is -0.432. The number of nitrogens with one attached hydrogen (secondary N) is 2. The van der Waals surface area contributed by atoms with E-state index >= 15 is 0 Å². The molecular weight excluding hydrogens is 254 g/mol. The monoisotopic (exact) mass is 285 g/mol. The molecule has 1 rings (SSSR count). The SMILES string of the molecule is CC(C)(C)OC(=O)NCCCNC1CCCCC1CN. The molecule has 0 bridgehead atoms. The summed E-state index contributed by atoms with van der Waals surface area (Å²) < 4.78 is 5.18. The highest BCUT2D eigenvalue weighted by molar-refractivity contribution is 5.67. The molecule has 0 aromatic carbocycles. The fourth-order valence-electron chi connectivity index (χ4n) is 2.64. The minimum Gasteiger partial charge on any atom is -0.444 e. The Labute approximate surface area is 123 Å². The van der Waals surface area contributed by atoms with Gasteiger partial charge in [0.15, 0.2) is 0 Å². The van der Waals surface area contributed by atoms with Crippen LogP contribution >= 0.6 is 0 Å². The van der Waals surface area contributed by atoms with Crippen LogP contribution in [-0.2, 0) is 4.74 Å². The lowest BCUT2D eigenvalue weighted by Gasteiger charge is -2.31. The average Bonchev–Trinajstić information content (AvgIpc) is 2.36. The van der Waals surface area contributed by atoms with Crippen molar-refractivity contribution < 1.29 is 9.53 Å². The maximum absolute atomic E-state index is 11.5. The predicted molar refractivity (Wildman–Crippen MR) is 81.7 cm³/mol. The first-order valence-corrected chi connectivity index (χ1v) is 7.82. The van der Waals surface area contributed by atoms with E-state index < -0.39 is 5.60 Å². The molecule has 1 fully saturated rings. The molecule has 4 N–H and O–H groups in total. The zero-order valence-electron chi connectivity index (χ0n) is 13.2. The van der Waals surface area contributed by atoms with E-state index in [0.717, 1.165) is 19.5 Å². The van der Waals surface area contributed by atoms with Crippen molar-refractivity contribution in [2.24, 2.45) is 11.7 Å². The molecule has 2 unspecified atom stereocenters. The van der Waals surface area contributed by atoms with Crippen molar-refractivity contribution in [3.63, 3.8) is 0 Å². The third kappa shape index (κ3) is 7.10. The first-order chi connectivity index (χ1) is 9.42. The van der Waals surface area contributed by atoms with Gasteiger partial charge in [0.1, 0.15) is 5.60 Å². The number of carbonyl (C=O) groups excluding carboxylic acids is 1. The fourth-order valence-corrected chi connectivity index (χ4v) is 2.64. The lowest BCUT2D eigenvalue weighted by Crippen LogP contribution is -2.43. The van der Waals surface area contributed by atoms with Crippen LogP contribution in [0.1, 0.15) is 52.9 Å². The Bertz CT molecular complexity index is 289. The van der Waals surface area contributed by atoms with Crippen molar-refractivity contribution in [3.05, 3.63) is 0 Å². The van der Waals surface area contributed by atoms with Crippen LogP contribution in [0.15, 0.2) is 0 Å². The predicted octanol–water partition coefficient (Wildman–Crippen LogP) is 2.01. The Kier molecular flexibility index (Phi) is 7.30. The van der Waals surface area contributed by atoms with Gasteiger partial charge in [0.25, 0.3) is 0 Å². The van der Waals surface area contributed by atoms with E-state index in [1.165, 1.54) is 25.7 Å². The quantitative estimate of drug-likeness (QED) is 0.652. The van der Waals surface area contributed by atoms with Gasteiger partial charge in [-0.2, -0.15) is 0 Å². The first kappa shape index (κ1) is 17.2. The van der Waals surface area contributed by atoms with Gasteiger partial charge in [-0.15, -0.1) is 0 Å². The summed E-state index contributed by atoms with van der Waals surface area (Å²) in [6.07, 6.45) is 5.64. The summed E-state index contributed by atoms with van der Waals surface area (Å²) in [7, 11) is 0. The Morgan fingerprint density at radius 2 is 1.95 bits per heavy atom. The number of nitrogens with two attached hydrogens (primary N) is 1. The molecule has 2 atom stereocenters. The Morgan fingerprint density at radius 1 is 1.25 bits per heavy atom. The van der Waals surface area contributed by atoms with E-state index in [4.69, 9.17) is 10.5 Å². The van der Waals surface area contributed by atoms with E-state index in [0.29, 0.717) is 18.5 Å². The summed E-state index contributed by atoms with van der Waals surface area (Å²) in [6.45, 7) is 7.92. The molecule has 1 aliphatic rings. The lowest BCUT2D eigenvalue weighted by molar-refractivity contribution is 0.0527. The number of rotatable bonds is 6. The Balaban J connectivity index is 2.08. The van der Waals surface area contributed by atoms with Crippen LogP contribution in [0, 0.1) is 5.92 Å². The van der Waals surface area contributed by atoms with Crippen LogP contribution in [0.3, 0.4) is 0 Å². The normalized spacial score (nSPS) is 23.4. The van der Waals surface area contributed by atoms with Gasteiger partial charge in [-0.25, -0.2) is 4.79 Å². The Morgan fingerprint density at radius 3 is 2.60 bits per heavy atom. The second-order valence-corrected chi connectivity index (χ2v) is 6.62. The minimum absolute atomic E-state index is 0.338. The third-order valence-corrected chi connectivity index (χ3v) is 3.64. The third-order valence-electron chi connectivity index (χ3n) is 3.64. The van der Waals surface area contributed by atoms with Crippen LogP contribution in [0.2, 0.25) is 0 Å². The molecule has 0 radical (unpaired) electrons. The van der Waals surface area contributed by atoms with E-state index in [1.54, 1.807) is 0 Å². The number of carbonyl (C=O) groups is 1. The largest absolute Gasteiger partial charge is 0.444 e. The average molecular weight is 285 g/mol. The lowest BCUT2D eigenvalue weighted by atomic mass is 9.84. The number of ether oxygens (including phenoxy) is 1. The van der Waals surface area contributed by atoms with Crippen LogP contribution in [0.25, 0.3) is 0 Å². The van der Waals surface area contributed by atoms with Crippen LogP contribution < -0.4 is 16.4 Å². The van der Waals surface area contributed by atoms with Crippen LogP contribution in [-0.4, -0.2) is 37.4 Å². The van der Waals surface area contributed by atoms with Crippen molar-refractivity contribution in [1.82, 2.24) is 10.6 Å². The van der Waals surface area contributed by atoms with Gasteiger partial charge in [0, 0.05) is 12.6 Å². The second kappa shape index (κ2) is 8.47. The molecule has 1 aliphatic carbocycles. The zero-order chi connectivity index (χ0) is 15.0. The molecule has 0 aromatic heterocycles. The molecule has 1 saturated carbocycles. The van der Waals surface area contributed by atoms with Gasteiger partial charge in [-0.1, -0.05) is 12.8 Å². The number of alkyl carbamates (subject to hydrolysis) is 1. The highest BCUT2D eigenvalue weighted by Gasteiger charge is 2.23. The van der Waals surface area contributed by atoms with Crippen molar-refractivity contribution in [2.75, 3.05) is 19.6 Å². The van der Waals surface area contributed by atoms with E-state index in [1.807, 2.05) is 20.8 Å². The molecule has 0 aliphatic heterocycles. The zero-order valence-corrected chi connectivity index (χ0v) is 13.2. The van der Waals surface area contributed by atoms with Crippen molar-refractivity contribution in [2.45, 2.75) is 64.5 Å². The van der Waals surface area contributed by atoms with Crippen LogP contribution in [0.4, 0.5) is 4.79 Å². The molecule has 118 valence electrons. The highest BCUT2D eigenvalue weighted by Crippen LogP contribution is 2.23. The number of amides is 1. The maximum atomic E-state index is 11.5. The molecule has 5 nitrogen and oxygen atoms in total. The van der Waals surface area contributed by atoms with Crippen molar-refractivity contribution in [3.8, 4) is 0 Å². The Hall–Kier alpha value is -0.810. The summed E-state index contributed by atoms with van der Waals surface area (Å²) in [5, 5.41) is 6.35. The molecule has 5 heteroatoms. The van der Waals surface area contributed by atoms with Gasteiger partial charge in [0.05, 0.1) is 0 Å². The molecule has 0 saturated heterocycles. The van der Waals surface area contributed by atoms with E-state index in [9.17, 15) is 4.79 Å². The van der Waals surface area contributed by atoms with Gasteiger partial charge in [-0.05, 0) is 59.0 Å². The smallest absolute Gasteiger partial charge is 0.407 e. The molecular formula is C15H31N3O2. The van der Waals surface area contributed by atoms with Crippen molar-refractivity contribution >= 4 is 6.09 Å². The summed E-state index contributed by atoms with van der Waals surface area (Å²) in [6, 6.07) is 0.551. The second-order valence-electron chi connectivity index (χ2n) is 6.62. The van der Waals surface area contributed by atoms with E-state index in [2.05, 4.69) is 10.6 Å². The molecule has 0 aromatic rings. The first-order valence-electron chi connectivity index (χ1n) is 7.82. The molecule has 0 heterocycles. The number of hydrogen-bond acceptors (Lipinski definition) is 4. The van der Waals surface area contributed by atoms with Gasteiger partial charge >= 0.3 is 6.09 Å². The summed E-state index contributed by atoms with van der Waals surface area (Å²) in [5.41, 5.74) is 5.38. The standard InChI is InChI=1S/C15H31N3O2/c1-15(2,3)20-14(19)18-10-6-9-17-13-8-5-4-7-12(13)11-16/h12-13,17H,4-11,16H2,1-3H3,(H,18,19). The maximum Gasteiger partial charge on any atom is 0.407 e. The van der Waals surface area contributed by atoms with E-state index in [-0.39, 0.29) is 6.09 Å². The number of hydrogen-bond donors (Lipinski definition) is 3.